The molecule has 0 aliphatic carbocycles. The standard InChI is InChI=1S/C25H23N5O5S/c1-15(24(32)33-2)34-19-12-17(23(31)27-25-26-9-11-36-25)13-20(14-19)35-18-7-5-16(6-8-18)22-29-28-21-4-3-10-30(21)22/h5-9,11-15H,3-4,10H2,1-2H3,(H,26,27,31). The maximum absolute atomic E-state index is 12.9. The summed E-state index contributed by atoms with van der Waals surface area (Å²) in [5.74, 6) is 2.13. The molecule has 0 saturated heterocycles. The third-order valence-corrected chi connectivity index (χ3v) is 6.29. The Balaban J connectivity index is 1.39. The van der Waals surface area contributed by atoms with Gasteiger partial charge in [-0.05, 0) is 49.7 Å². The molecule has 10 nitrogen and oxygen atoms in total. The van der Waals surface area contributed by atoms with Crippen molar-refractivity contribution in [2.24, 2.45) is 0 Å². The van der Waals surface area contributed by atoms with Crippen molar-refractivity contribution in [2.45, 2.75) is 32.4 Å². The lowest BCUT2D eigenvalue weighted by atomic mass is 10.1. The molecule has 0 spiro atoms. The number of aromatic nitrogens is 4. The van der Waals surface area contributed by atoms with Crippen molar-refractivity contribution in [3.63, 3.8) is 0 Å². The molecule has 1 aliphatic heterocycles. The zero-order valence-corrected chi connectivity index (χ0v) is 20.4. The zero-order valence-electron chi connectivity index (χ0n) is 19.6. The lowest BCUT2D eigenvalue weighted by molar-refractivity contribution is -0.147. The minimum absolute atomic E-state index is 0.283. The Kier molecular flexibility index (Phi) is 6.63. The SMILES string of the molecule is COC(=O)C(C)Oc1cc(Oc2ccc(-c3nnc4n3CCC4)cc2)cc(C(=O)Nc2nccs2)c1. The van der Waals surface area contributed by atoms with Gasteiger partial charge >= 0.3 is 5.97 Å². The number of aryl methyl sites for hydroxylation is 1. The van der Waals surface area contributed by atoms with Crippen LogP contribution in [0.3, 0.4) is 0 Å². The summed E-state index contributed by atoms with van der Waals surface area (Å²) in [5, 5.41) is 13.5. The highest BCUT2D eigenvalue weighted by atomic mass is 32.1. The highest BCUT2D eigenvalue weighted by Crippen LogP contribution is 2.31. The summed E-state index contributed by atoms with van der Waals surface area (Å²) in [5.41, 5.74) is 1.22. The molecule has 1 aliphatic rings. The number of hydrogen-bond acceptors (Lipinski definition) is 9. The normalized spacial score (nSPS) is 13.1. The van der Waals surface area contributed by atoms with Gasteiger partial charge in [-0.25, -0.2) is 9.78 Å². The van der Waals surface area contributed by atoms with Crippen LogP contribution in [0, 0.1) is 0 Å². The molecule has 5 rings (SSSR count). The Hall–Kier alpha value is -4.25. The van der Waals surface area contributed by atoms with Gasteiger partial charge in [0.05, 0.1) is 7.11 Å². The molecule has 0 bridgehead atoms. The molecule has 1 N–H and O–H groups in total. The molecule has 2 aromatic carbocycles. The van der Waals surface area contributed by atoms with Gasteiger partial charge in [0.2, 0.25) is 0 Å². The second-order valence-electron chi connectivity index (χ2n) is 8.09. The van der Waals surface area contributed by atoms with E-state index in [1.807, 2.05) is 24.3 Å². The van der Waals surface area contributed by atoms with Gasteiger partial charge in [0.15, 0.2) is 17.1 Å². The van der Waals surface area contributed by atoms with Gasteiger partial charge < -0.3 is 18.8 Å². The van der Waals surface area contributed by atoms with Crippen LogP contribution in [-0.4, -0.2) is 44.8 Å². The first-order chi connectivity index (χ1) is 17.5. The van der Waals surface area contributed by atoms with E-state index in [9.17, 15) is 9.59 Å². The van der Waals surface area contributed by atoms with Gasteiger partial charge in [0.25, 0.3) is 5.91 Å². The maximum Gasteiger partial charge on any atom is 0.346 e. The zero-order chi connectivity index (χ0) is 25.1. The van der Waals surface area contributed by atoms with Crippen molar-refractivity contribution in [3.05, 3.63) is 65.4 Å². The van der Waals surface area contributed by atoms with Gasteiger partial charge in [-0.3, -0.25) is 10.1 Å². The first-order valence-electron chi connectivity index (χ1n) is 11.3. The van der Waals surface area contributed by atoms with Crippen LogP contribution in [-0.2, 0) is 22.5 Å². The predicted molar refractivity (Wildman–Crippen MR) is 132 cm³/mol. The molecule has 4 aromatic rings. The molecule has 36 heavy (non-hydrogen) atoms. The molecule has 1 unspecified atom stereocenters. The van der Waals surface area contributed by atoms with Crippen LogP contribution in [0.1, 0.15) is 29.5 Å². The number of esters is 1. The van der Waals surface area contributed by atoms with E-state index in [0.29, 0.717) is 16.6 Å². The third-order valence-electron chi connectivity index (χ3n) is 5.60. The van der Waals surface area contributed by atoms with E-state index in [-0.39, 0.29) is 17.2 Å². The van der Waals surface area contributed by atoms with Crippen LogP contribution in [0.25, 0.3) is 11.4 Å². The summed E-state index contributed by atoms with van der Waals surface area (Å²) >= 11 is 1.30. The van der Waals surface area contributed by atoms with Crippen molar-refractivity contribution in [1.82, 2.24) is 19.7 Å². The lowest BCUT2D eigenvalue weighted by Gasteiger charge is -2.15. The monoisotopic (exact) mass is 505 g/mol. The van der Waals surface area contributed by atoms with Crippen molar-refractivity contribution >= 4 is 28.3 Å². The van der Waals surface area contributed by atoms with E-state index in [0.717, 1.165) is 36.6 Å². The Bertz CT molecular complexity index is 1380. The number of fused-ring (bicyclic) bond motifs is 1. The van der Waals surface area contributed by atoms with Crippen molar-refractivity contribution in [1.29, 1.82) is 0 Å². The molecule has 11 heteroatoms. The van der Waals surface area contributed by atoms with Crippen molar-refractivity contribution in [3.8, 4) is 28.6 Å². The van der Waals surface area contributed by atoms with Gasteiger partial charge in [-0.15, -0.1) is 21.5 Å². The summed E-state index contributed by atoms with van der Waals surface area (Å²) in [6.07, 6.45) is 2.75. The van der Waals surface area contributed by atoms with Gasteiger partial charge in [-0.1, -0.05) is 0 Å². The molecular weight excluding hydrogens is 482 g/mol. The molecule has 184 valence electrons. The van der Waals surface area contributed by atoms with E-state index >= 15 is 0 Å². The molecule has 0 saturated carbocycles. The van der Waals surface area contributed by atoms with Gasteiger partial charge in [-0.2, -0.15) is 0 Å². The molecular formula is C25H23N5O5S. The minimum Gasteiger partial charge on any atom is -0.479 e. The highest BCUT2D eigenvalue weighted by Gasteiger charge is 2.20. The Morgan fingerprint density at radius 3 is 2.64 bits per heavy atom. The third kappa shape index (κ3) is 5.05. The average molecular weight is 506 g/mol. The van der Waals surface area contributed by atoms with Crippen LogP contribution in [0.4, 0.5) is 5.13 Å². The molecule has 2 aromatic heterocycles. The molecule has 3 heterocycles. The second-order valence-corrected chi connectivity index (χ2v) is 8.98. The van der Waals surface area contributed by atoms with Crippen LogP contribution in [0.15, 0.2) is 54.0 Å². The average Bonchev–Trinajstić information content (AvgIpc) is 3.63. The van der Waals surface area contributed by atoms with E-state index < -0.39 is 12.1 Å². The van der Waals surface area contributed by atoms with E-state index in [4.69, 9.17) is 14.2 Å². The molecule has 1 amide bonds. The van der Waals surface area contributed by atoms with Crippen LogP contribution in [0.5, 0.6) is 17.2 Å². The number of hydrogen-bond donors (Lipinski definition) is 1. The summed E-state index contributed by atoms with van der Waals surface area (Å²) in [7, 11) is 1.28. The fourth-order valence-electron chi connectivity index (χ4n) is 3.87. The topological polar surface area (TPSA) is 117 Å². The summed E-state index contributed by atoms with van der Waals surface area (Å²) in [6, 6.07) is 12.2. The highest BCUT2D eigenvalue weighted by molar-refractivity contribution is 7.13. The Morgan fingerprint density at radius 2 is 1.89 bits per heavy atom. The largest absolute Gasteiger partial charge is 0.479 e. The van der Waals surface area contributed by atoms with E-state index in [1.54, 1.807) is 30.6 Å². The molecule has 0 radical (unpaired) electrons. The van der Waals surface area contributed by atoms with E-state index in [1.165, 1.54) is 24.5 Å². The van der Waals surface area contributed by atoms with Crippen molar-refractivity contribution in [2.75, 3.05) is 12.4 Å². The fourth-order valence-corrected chi connectivity index (χ4v) is 4.40. The molecule has 0 fully saturated rings. The summed E-state index contributed by atoms with van der Waals surface area (Å²) in [4.78, 5) is 28.8. The molecule has 1 atom stereocenters. The fraction of sp³-hybridized carbons (Fsp3) is 0.240. The Morgan fingerprint density at radius 1 is 1.08 bits per heavy atom. The number of amides is 1. The number of carbonyl (C=O) groups is 2. The lowest BCUT2D eigenvalue weighted by Crippen LogP contribution is -2.25. The Labute approximate surface area is 210 Å². The van der Waals surface area contributed by atoms with Crippen LogP contribution in [0.2, 0.25) is 0 Å². The minimum atomic E-state index is -0.871. The number of methoxy groups -OCH3 is 1. The number of nitrogens with zero attached hydrogens (tertiary/aromatic N) is 4. The first-order valence-corrected chi connectivity index (χ1v) is 12.2. The smallest absolute Gasteiger partial charge is 0.346 e. The first kappa shape index (κ1) is 23.5. The quantitative estimate of drug-likeness (QED) is 0.352. The second kappa shape index (κ2) is 10.2. The number of rotatable bonds is 8. The van der Waals surface area contributed by atoms with Crippen LogP contribution < -0.4 is 14.8 Å². The van der Waals surface area contributed by atoms with Crippen LogP contribution >= 0.6 is 11.3 Å². The number of ether oxygens (including phenoxy) is 3. The summed E-state index contributed by atoms with van der Waals surface area (Å²) < 4.78 is 18.6. The van der Waals surface area contributed by atoms with Crippen molar-refractivity contribution < 1.29 is 23.8 Å². The summed E-state index contributed by atoms with van der Waals surface area (Å²) in [6.45, 7) is 2.48. The van der Waals surface area contributed by atoms with Gasteiger partial charge in [0.1, 0.15) is 23.1 Å². The number of benzene rings is 2. The number of anilines is 1. The van der Waals surface area contributed by atoms with Gasteiger partial charge in [0, 0.05) is 41.7 Å². The predicted octanol–water partition coefficient (Wildman–Crippen LogP) is 4.33. The number of nitrogens with one attached hydrogen (secondary N) is 1. The number of carbonyl (C=O) groups excluding carboxylic acids is 2. The van der Waals surface area contributed by atoms with E-state index in [2.05, 4.69) is 25.1 Å². The maximum atomic E-state index is 12.9. The number of thiazole rings is 1.